The summed E-state index contributed by atoms with van der Waals surface area (Å²) < 4.78 is 35.5. The molecule has 1 amide bonds. The van der Waals surface area contributed by atoms with Crippen LogP contribution in [0.1, 0.15) is 73.4 Å². The van der Waals surface area contributed by atoms with E-state index in [0.29, 0.717) is 31.9 Å². The molecule has 0 unspecified atom stereocenters. The Morgan fingerprint density at radius 3 is 2.79 bits per heavy atom. The lowest BCUT2D eigenvalue weighted by molar-refractivity contribution is 0.0456. The summed E-state index contributed by atoms with van der Waals surface area (Å²) >= 11 is 6.38. The number of rotatable bonds is 2. The number of allylic oxidation sites excluding steroid dienone is 1. The van der Waals surface area contributed by atoms with Crippen molar-refractivity contribution < 1.29 is 28.2 Å². The minimum atomic E-state index is -4.08. The van der Waals surface area contributed by atoms with E-state index in [2.05, 4.69) is 21.8 Å². The topological polar surface area (TPSA) is 116 Å². The molecule has 2 aromatic carbocycles. The first-order chi connectivity index (χ1) is 20.5. The largest absolute Gasteiger partial charge is 0.490 e. The van der Waals surface area contributed by atoms with Gasteiger partial charge in [-0.25, -0.2) is 13.1 Å². The van der Waals surface area contributed by atoms with E-state index in [1.165, 1.54) is 11.1 Å². The fourth-order valence-electron chi connectivity index (χ4n) is 7.52. The van der Waals surface area contributed by atoms with Gasteiger partial charge in [0.15, 0.2) is 0 Å². The van der Waals surface area contributed by atoms with Gasteiger partial charge in [0.25, 0.3) is 5.91 Å². The van der Waals surface area contributed by atoms with Gasteiger partial charge in [-0.15, -0.1) is 0 Å². The number of carbonyl (C=O) groups is 1. The maximum Gasteiger partial charge on any atom is 0.264 e. The number of ether oxygens (including phenoxy) is 1. The average molecular weight is 629 g/mol. The predicted molar refractivity (Wildman–Crippen MR) is 167 cm³/mol. The molecule has 1 spiro atoms. The molecular weight excluding hydrogens is 588 g/mol. The maximum absolute atomic E-state index is 13.4. The molecule has 43 heavy (non-hydrogen) atoms. The Kier molecular flexibility index (Phi) is 8.54. The molecule has 2 heterocycles. The predicted octanol–water partition coefficient (Wildman–Crippen LogP) is 4.75. The molecule has 232 valence electrons. The van der Waals surface area contributed by atoms with E-state index in [4.69, 9.17) is 16.3 Å². The number of halogens is 1. The van der Waals surface area contributed by atoms with Gasteiger partial charge >= 0.3 is 0 Å². The zero-order valence-electron chi connectivity index (χ0n) is 24.5. The minimum Gasteiger partial charge on any atom is -0.490 e. The molecule has 6 rings (SSSR count). The summed E-state index contributed by atoms with van der Waals surface area (Å²) in [4.78, 5) is 15.7. The zero-order valence-corrected chi connectivity index (χ0v) is 26.1. The second-order valence-corrected chi connectivity index (χ2v) is 15.4. The molecule has 1 saturated carbocycles. The average Bonchev–Trinajstić information content (AvgIpc) is 3.08. The van der Waals surface area contributed by atoms with Gasteiger partial charge in [-0.1, -0.05) is 29.8 Å². The van der Waals surface area contributed by atoms with Crippen molar-refractivity contribution in [1.29, 1.82) is 0 Å². The number of hydrogen-bond donors (Lipinski definition) is 3. The summed E-state index contributed by atoms with van der Waals surface area (Å²) in [5.74, 6) is 0.301. The molecule has 4 aliphatic rings. The van der Waals surface area contributed by atoms with Gasteiger partial charge in [0.1, 0.15) is 5.75 Å². The van der Waals surface area contributed by atoms with Crippen molar-refractivity contribution >= 4 is 33.2 Å². The van der Waals surface area contributed by atoms with Crippen molar-refractivity contribution in [1.82, 2.24) is 4.72 Å². The molecule has 2 aliphatic carbocycles. The summed E-state index contributed by atoms with van der Waals surface area (Å²) in [5, 5.41) is 20.9. The van der Waals surface area contributed by atoms with Gasteiger partial charge in [0.2, 0.25) is 10.0 Å². The normalized spacial score (nSPS) is 31.8. The van der Waals surface area contributed by atoms with E-state index in [-0.39, 0.29) is 35.7 Å². The molecule has 1 fully saturated rings. The molecule has 8 nitrogen and oxygen atoms in total. The summed E-state index contributed by atoms with van der Waals surface area (Å²) in [7, 11) is -4.08. The van der Waals surface area contributed by atoms with Crippen LogP contribution in [-0.2, 0) is 21.9 Å². The van der Waals surface area contributed by atoms with Crippen LogP contribution in [0.25, 0.3) is 0 Å². The van der Waals surface area contributed by atoms with Gasteiger partial charge in [-0.3, -0.25) is 4.79 Å². The number of aryl methyl sites for hydroxylation is 1. The number of benzene rings is 2. The Labute approximate surface area is 259 Å². The highest BCUT2D eigenvalue weighted by Crippen LogP contribution is 2.46. The van der Waals surface area contributed by atoms with Crippen LogP contribution in [0.3, 0.4) is 0 Å². The molecule has 2 bridgehead atoms. The number of nitrogens with one attached hydrogen (secondary N) is 1. The van der Waals surface area contributed by atoms with Gasteiger partial charge < -0.3 is 19.8 Å². The lowest BCUT2D eigenvalue weighted by Gasteiger charge is -2.45. The van der Waals surface area contributed by atoms with E-state index in [0.717, 1.165) is 42.8 Å². The van der Waals surface area contributed by atoms with Crippen molar-refractivity contribution in [2.45, 2.75) is 81.2 Å². The number of fused-ring (bicyclic) bond motifs is 4. The van der Waals surface area contributed by atoms with E-state index in [1.54, 1.807) is 31.2 Å². The van der Waals surface area contributed by atoms with Gasteiger partial charge in [-0.2, -0.15) is 0 Å². The fourth-order valence-corrected chi connectivity index (χ4v) is 9.24. The van der Waals surface area contributed by atoms with Gasteiger partial charge in [-0.05, 0) is 112 Å². The fraction of sp³-hybridized carbons (Fsp3) is 0.545. The number of nitrogens with zero attached hydrogens (tertiary/aromatic N) is 1. The SMILES string of the molecule is C[C@H](O)C[C@@H]1CC/C=C/[C@H](O)[C@@H]2CC[C@H]2CN2C[C@@]3(CCCc4cc(Cl)ccc43)COc3ccc(cc32)C(=O)NS1(=O)=O. The zero-order chi connectivity index (χ0) is 30.4. The number of aliphatic hydroxyl groups is 2. The summed E-state index contributed by atoms with van der Waals surface area (Å²) in [6, 6.07) is 11.2. The molecule has 0 radical (unpaired) electrons. The van der Waals surface area contributed by atoms with Crippen molar-refractivity contribution in [3.63, 3.8) is 0 Å². The number of carbonyl (C=O) groups excluding carboxylic acids is 1. The van der Waals surface area contributed by atoms with E-state index >= 15 is 0 Å². The second-order valence-electron chi connectivity index (χ2n) is 13.0. The molecule has 0 saturated heterocycles. The van der Waals surface area contributed by atoms with Crippen molar-refractivity contribution in [3.05, 3.63) is 70.3 Å². The highest BCUT2D eigenvalue weighted by Gasteiger charge is 2.44. The summed E-state index contributed by atoms with van der Waals surface area (Å²) in [6.07, 6.45) is 7.62. The number of anilines is 1. The van der Waals surface area contributed by atoms with Crippen LogP contribution >= 0.6 is 11.6 Å². The van der Waals surface area contributed by atoms with Crippen LogP contribution in [0.2, 0.25) is 5.02 Å². The maximum atomic E-state index is 13.4. The molecule has 0 aromatic heterocycles. The molecule has 10 heteroatoms. The third kappa shape index (κ3) is 6.19. The van der Waals surface area contributed by atoms with Crippen molar-refractivity contribution in [2.24, 2.45) is 11.8 Å². The van der Waals surface area contributed by atoms with Crippen LogP contribution in [0.4, 0.5) is 5.69 Å². The van der Waals surface area contributed by atoms with Crippen LogP contribution < -0.4 is 14.4 Å². The first kappa shape index (κ1) is 30.4. The third-order valence-corrected chi connectivity index (χ3v) is 11.9. The summed E-state index contributed by atoms with van der Waals surface area (Å²) in [5.41, 5.74) is 3.18. The van der Waals surface area contributed by atoms with Gasteiger partial charge in [0, 0.05) is 29.1 Å². The highest BCUT2D eigenvalue weighted by molar-refractivity contribution is 7.90. The second kappa shape index (κ2) is 12.1. The van der Waals surface area contributed by atoms with Crippen molar-refractivity contribution in [3.8, 4) is 5.75 Å². The number of aliphatic hydroxyl groups excluding tert-OH is 2. The summed E-state index contributed by atoms with van der Waals surface area (Å²) in [6.45, 7) is 3.38. The lowest BCUT2D eigenvalue weighted by Crippen LogP contribution is -2.49. The quantitative estimate of drug-likeness (QED) is 0.411. The Bertz CT molecular complexity index is 1510. The smallest absolute Gasteiger partial charge is 0.264 e. The van der Waals surface area contributed by atoms with Crippen LogP contribution in [-0.4, -0.2) is 61.7 Å². The first-order valence-electron chi connectivity index (χ1n) is 15.4. The number of sulfonamides is 1. The van der Waals surface area contributed by atoms with Gasteiger partial charge in [0.05, 0.1) is 29.8 Å². The Morgan fingerprint density at radius 2 is 2.02 bits per heavy atom. The highest BCUT2D eigenvalue weighted by atomic mass is 35.5. The molecule has 6 atom stereocenters. The first-order valence-corrected chi connectivity index (χ1v) is 17.4. The van der Waals surface area contributed by atoms with Crippen LogP contribution in [0.15, 0.2) is 48.6 Å². The van der Waals surface area contributed by atoms with Crippen LogP contribution in [0, 0.1) is 11.8 Å². The van der Waals surface area contributed by atoms with E-state index in [9.17, 15) is 23.4 Å². The number of hydrogen-bond acceptors (Lipinski definition) is 7. The third-order valence-electron chi connectivity index (χ3n) is 9.94. The molecule has 2 aromatic rings. The minimum absolute atomic E-state index is 0.00425. The Balaban J connectivity index is 1.41. The van der Waals surface area contributed by atoms with E-state index < -0.39 is 33.4 Å². The Hall–Kier alpha value is -2.59. The Morgan fingerprint density at radius 1 is 1.19 bits per heavy atom. The molecule has 2 aliphatic heterocycles. The standard InChI is InChI=1S/C33H41ClN2O6S/c1-21(37)15-26-6-2-3-7-30(38)27-11-8-24(27)18-36-19-33(14-4-5-22-16-25(34)10-12-28(22)33)20-42-31-13-9-23(17-29(31)36)32(39)35-43(26,40)41/h3,7,9-10,12-13,16-17,21,24,26-27,30,37-38H,2,4-6,8,11,14-15,18-20H2,1H3,(H,35,39)/b7-3+/t21-,24-,26-,27+,30-,33-/m0/s1. The number of amides is 1. The molecular formula is C33H41ClN2O6S. The van der Waals surface area contributed by atoms with E-state index in [1.807, 2.05) is 12.1 Å². The monoisotopic (exact) mass is 628 g/mol. The molecule has 3 N–H and O–H groups in total. The van der Waals surface area contributed by atoms with Crippen LogP contribution in [0.5, 0.6) is 5.75 Å². The lowest BCUT2D eigenvalue weighted by atomic mass is 9.68. The van der Waals surface area contributed by atoms with Crippen molar-refractivity contribution in [2.75, 3.05) is 24.6 Å².